The Hall–Kier alpha value is -10.8. The molecular formula is C69H74FN11O16. The van der Waals surface area contributed by atoms with Gasteiger partial charge >= 0.3 is 30.2 Å². The lowest BCUT2D eigenvalue weighted by Gasteiger charge is -2.31. The molecule has 5 aliphatic rings. The number of hydrogen-bond acceptors (Lipinski definition) is 17. The quantitative estimate of drug-likeness (QED) is 0.0239. The number of fused-ring (bicyclic) bond motifs is 8. The van der Waals surface area contributed by atoms with Crippen molar-refractivity contribution >= 4 is 76.3 Å². The van der Waals surface area contributed by atoms with Crippen molar-refractivity contribution in [2.45, 2.75) is 134 Å². The van der Waals surface area contributed by atoms with E-state index in [0.717, 1.165) is 27.2 Å². The van der Waals surface area contributed by atoms with Crippen molar-refractivity contribution < 1.29 is 76.4 Å². The maximum atomic E-state index is 15.5. The van der Waals surface area contributed by atoms with Crippen LogP contribution in [-0.4, -0.2) is 137 Å². The number of carbonyl (C=O) groups is 10. The number of cyclic esters (lactones) is 2. The summed E-state index contributed by atoms with van der Waals surface area (Å²) in [5.41, 5.74) is 10.8. The summed E-state index contributed by atoms with van der Waals surface area (Å²) in [5.74, 6) is -6.82. The van der Waals surface area contributed by atoms with Crippen molar-refractivity contribution in [1.29, 1.82) is 0 Å². The smallest absolute Gasteiger partial charge is 0.410 e. The van der Waals surface area contributed by atoms with E-state index in [0.29, 0.717) is 62.9 Å². The fourth-order valence-electron chi connectivity index (χ4n) is 13.3. The van der Waals surface area contributed by atoms with Crippen molar-refractivity contribution in [3.63, 3.8) is 0 Å². The molecule has 508 valence electrons. The molecule has 2 aromatic heterocycles. The van der Waals surface area contributed by atoms with Crippen molar-refractivity contribution in [2.24, 2.45) is 11.7 Å². The summed E-state index contributed by atoms with van der Waals surface area (Å²) in [6.45, 7) is 5.49. The Morgan fingerprint density at radius 3 is 2.20 bits per heavy atom. The summed E-state index contributed by atoms with van der Waals surface area (Å²) < 4.78 is 38.5. The molecule has 28 heteroatoms. The Morgan fingerprint density at radius 2 is 1.53 bits per heavy atom. The fraction of sp³-hybridized carbons (Fsp3) is 0.391. The number of aliphatic hydroxyl groups is 1. The Morgan fingerprint density at radius 1 is 0.825 bits per heavy atom. The summed E-state index contributed by atoms with van der Waals surface area (Å²) >= 11 is 0. The number of aryl methyl sites for hydroxylation is 1. The molecule has 0 saturated carbocycles. The maximum Gasteiger partial charge on any atom is 0.410 e. The van der Waals surface area contributed by atoms with Gasteiger partial charge in [0.15, 0.2) is 5.60 Å². The van der Waals surface area contributed by atoms with E-state index in [2.05, 4.69) is 37.2 Å². The number of nitrogens with zero attached hydrogens (tertiary/aromatic N) is 3. The van der Waals surface area contributed by atoms with Gasteiger partial charge < -0.3 is 76.5 Å². The molecule has 1 saturated heterocycles. The molecule has 10 N–H and O–H groups in total. The summed E-state index contributed by atoms with van der Waals surface area (Å²) in [5, 5.41) is 30.6. The number of hydrogen-bond donors (Lipinski definition) is 9. The zero-order valence-corrected chi connectivity index (χ0v) is 53.9. The number of nitrogens with one attached hydrogen (secondary N) is 7. The minimum absolute atomic E-state index is 0.0282. The third-order valence-electron chi connectivity index (χ3n) is 18.5. The second-order valence-corrected chi connectivity index (χ2v) is 25.1. The zero-order valence-electron chi connectivity index (χ0n) is 53.9. The number of halogens is 1. The van der Waals surface area contributed by atoms with Crippen molar-refractivity contribution in [1.82, 2.24) is 46.4 Å². The zero-order chi connectivity index (χ0) is 69.1. The van der Waals surface area contributed by atoms with Crippen LogP contribution in [0.4, 0.5) is 24.5 Å². The van der Waals surface area contributed by atoms with E-state index in [1.807, 2.05) is 48.5 Å². The number of aromatic nitrogens is 2. The number of anilines is 1. The Labute approximate surface area is 555 Å². The van der Waals surface area contributed by atoms with E-state index >= 15 is 4.39 Å². The van der Waals surface area contributed by atoms with E-state index in [-0.39, 0.29) is 87.9 Å². The van der Waals surface area contributed by atoms with Gasteiger partial charge in [0.05, 0.1) is 48.1 Å². The molecule has 0 bridgehead atoms. The van der Waals surface area contributed by atoms with Gasteiger partial charge in [-0.3, -0.25) is 28.8 Å². The topological polar surface area (TPSA) is 376 Å². The van der Waals surface area contributed by atoms with Crippen LogP contribution >= 0.6 is 0 Å². The number of alkyl carbamates (subject to hydrolysis) is 1. The number of likely N-dealkylation sites (N-methyl/N-ethyl adjacent to an activating group) is 1. The summed E-state index contributed by atoms with van der Waals surface area (Å²) in [6.07, 6.45) is -1.62. The van der Waals surface area contributed by atoms with Gasteiger partial charge in [0.25, 0.3) is 5.56 Å². The molecule has 27 nitrogen and oxygen atoms in total. The van der Waals surface area contributed by atoms with E-state index in [1.165, 1.54) is 29.8 Å². The number of ether oxygens (including phenoxy) is 4. The van der Waals surface area contributed by atoms with E-state index in [9.17, 15) is 57.8 Å². The molecule has 2 aliphatic carbocycles. The number of nitrogens with two attached hydrogens (primary N) is 1. The second-order valence-electron chi connectivity index (χ2n) is 25.1. The van der Waals surface area contributed by atoms with Crippen LogP contribution in [0.25, 0.3) is 33.4 Å². The lowest BCUT2D eigenvalue weighted by molar-refractivity contribution is -0.172. The standard InChI is InChI=1S/C69H74FN11O16/c1-6-69(93)46-26-53-59-43(29-81(53)63(87)45(46)33-95-65(69)89)57-48(22-21-38-35(4)47(70)27-51(76-59)56(38)57)74-55(83)30-80(5)68(92)97-31-36-17-19-37(20-18-36)73-60(84)49(16-11-24-72-66(71)90)77-62(86)58(34(2)3)79-61(85)52(28-54(82)75-50-23-25-94-64(50)88)78-67(91)96-32-44-41-14-9-7-12-39(41)40-13-8-10-15-42(40)44/h7-10,12-15,17-20,26-27,34,44,48-50,52,58,93H,6,11,16,21-25,28-33H2,1-5H3,(H,73,84)(H,74,83)(H,75,82)(H,77,86)(H,78,91)(H,79,85)(H3,71,72,90)/t48-,49-,50-,52-,58-,69-/m0/s1. The molecular weight excluding hydrogens is 1260 g/mol. The highest BCUT2D eigenvalue weighted by Crippen LogP contribution is 2.47. The first-order valence-corrected chi connectivity index (χ1v) is 32.0. The highest BCUT2D eigenvalue weighted by molar-refractivity contribution is 6.00. The van der Waals surface area contributed by atoms with Gasteiger partial charge in [-0.25, -0.2) is 33.3 Å². The molecule has 5 heterocycles. The number of carbonyl (C=O) groups excluding carboxylic acids is 10. The largest absolute Gasteiger partial charge is 0.464 e. The molecule has 0 unspecified atom stereocenters. The number of esters is 2. The lowest BCUT2D eigenvalue weighted by atomic mass is 9.81. The van der Waals surface area contributed by atoms with Gasteiger partial charge in [-0.2, -0.15) is 0 Å². The van der Waals surface area contributed by atoms with Crippen LogP contribution in [0.2, 0.25) is 0 Å². The lowest BCUT2D eigenvalue weighted by Crippen LogP contribution is -2.58. The molecule has 6 aromatic rings. The van der Waals surface area contributed by atoms with Crippen LogP contribution in [0.15, 0.2) is 89.7 Å². The highest BCUT2D eigenvalue weighted by Gasteiger charge is 2.46. The molecule has 4 aromatic carbocycles. The van der Waals surface area contributed by atoms with Crippen LogP contribution in [0.1, 0.15) is 121 Å². The predicted molar refractivity (Wildman–Crippen MR) is 346 cm³/mol. The van der Waals surface area contributed by atoms with E-state index in [4.69, 9.17) is 29.7 Å². The summed E-state index contributed by atoms with van der Waals surface area (Å²) in [4.78, 5) is 154. The van der Waals surface area contributed by atoms with Gasteiger partial charge in [0, 0.05) is 54.2 Å². The van der Waals surface area contributed by atoms with Crippen LogP contribution in [-0.2, 0) is 84.3 Å². The van der Waals surface area contributed by atoms with Gasteiger partial charge in [-0.1, -0.05) is 81.4 Å². The molecule has 6 atom stereocenters. The van der Waals surface area contributed by atoms with Gasteiger partial charge in [0.1, 0.15) is 56.3 Å². The average Bonchev–Trinajstić information content (AvgIpc) is 1.61. The van der Waals surface area contributed by atoms with Crippen LogP contribution < -0.4 is 48.5 Å². The molecule has 0 spiro atoms. The number of benzene rings is 4. The van der Waals surface area contributed by atoms with Crippen molar-refractivity contribution in [2.75, 3.05) is 38.7 Å². The molecule has 1 fully saturated rings. The average molecular weight is 1330 g/mol. The van der Waals surface area contributed by atoms with Gasteiger partial charge in [-0.15, -0.1) is 0 Å². The Bertz CT molecular complexity index is 4230. The van der Waals surface area contributed by atoms with Gasteiger partial charge in [-0.05, 0) is 108 Å². The second kappa shape index (κ2) is 28.3. The van der Waals surface area contributed by atoms with E-state index < -0.39 is 126 Å². The molecule has 0 radical (unpaired) electrons. The molecule has 3 aliphatic heterocycles. The summed E-state index contributed by atoms with van der Waals surface area (Å²) in [7, 11) is 1.38. The number of pyridine rings is 2. The predicted octanol–water partition coefficient (Wildman–Crippen LogP) is 4.64. The van der Waals surface area contributed by atoms with Crippen molar-refractivity contribution in [3.05, 3.63) is 151 Å². The first kappa shape index (κ1) is 67.6. The monoisotopic (exact) mass is 1330 g/mol. The van der Waals surface area contributed by atoms with Crippen molar-refractivity contribution in [3.8, 4) is 22.5 Å². The van der Waals surface area contributed by atoms with Crippen LogP contribution in [0.5, 0.6) is 0 Å². The normalized spacial score (nSPS) is 17.9. The van der Waals surface area contributed by atoms with E-state index in [1.54, 1.807) is 45.9 Å². The number of amides is 9. The van der Waals surface area contributed by atoms with Crippen LogP contribution in [0, 0.1) is 18.7 Å². The Kier molecular flexibility index (Phi) is 19.7. The number of urea groups is 1. The first-order valence-electron chi connectivity index (χ1n) is 32.0. The summed E-state index contributed by atoms with van der Waals surface area (Å²) in [6, 6.07) is 17.7. The highest BCUT2D eigenvalue weighted by atomic mass is 19.1. The first-order chi connectivity index (χ1) is 46.4. The minimum atomic E-state index is -2.08. The SMILES string of the molecule is CC[C@@]1(O)C(=O)OCc2c1cc1n(c2=O)Cc2c-1nc1cc(F)c(C)c3c1c2[C@@H](NC(=O)CN(C)C(=O)OCc1ccc(NC(=O)[C@H](CCCNC(N)=O)NC(=O)[C@@H](NC(=O)[C@H](CC(=O)N[C@H]2CCOC2=O)NC(=O)OCC2c4ccccc4-c4ccccc42)C(C)C)cc1)CC3. The van der Waals surface area contributed by atoms with Crippen LogP contribution in [0.3, 0.4) is 0 Å². The third kappa shape index (κ3) is 14.0. The fourth-order valence-corrected chi connectivity index (χ4v) is 13.3. The number of rotatable bonds is 23. The maximum absolute atomic E-state index is 15.5. The minimum Gasteiger partial charge on any atom is -0.464 e. The Balaban J connectivity index is 0.712. The molecule has 9 amide bonds. The number of primary amides is 1. The molecule has 97 heavy (non-hydrogen) atoms. The molecule has 11 rings (SSSR count). The van der Waals surface area contributed by atoms with Gasteiger partial charge in [0.2, 0.25) is 29.5 Å². The third-order valence-corrected chi connectivity index (χ3v) is 18.5.